The van der Waals surface area contributed by atoms with Crippen LogP contribution in [0.15, 0.2) is 17.8 Å². The molecule has 2 aromatic rings. The maximum Gasteiger partial charge on any atom is 0.193 e. The van der Waals surface area contributed by atoms with Crippen molar-refractivity contribution < 1.29 is 0 Å². The smallest absolute Gasteiger partial charge is 0.193 e. The quantitative estimate of drug-likeness (QED) is 0.842. The number of nitrogens with zero attached hydrogens (tertiary/aromatic N) is 2. The zero-order valence-electron chi connectivity index (χ0n) is 13.2. The molecule has 116 valence electrons. The molecule has 4 heteroatoms. The van der Waals surface area contributed by atoms with Gasteiger partial charge in [0, 0.05) is 23.8 Å². The van der Waals surface area contributed by atoms with Gasteiger partial charge < -0.3 is 5.32 Å². The highest BCUT2D eigenvalue weighted by atomic mass is 32.1. The van der Waals surface area contributed by atoms with E-state index < -0.39 is 0 Å². The number of rotatable bonds is 5. The molecule has 0 aliphatic heterocycles. The monoisotopic (exact) mass is 305 g/mol. The summed E-state index contributed by atoms with van der Waals surface area (Å²) in [6.45, 7) is 5.66. The molecule has 21 heavy (non-hydrogen) atoms. The van der Waals surface area contributed by atoms with E-state index in [2.05, 4.69) is 41.3 Å². The molecule has 0 spiro atoms. The van der Waals surface area contributed by atoms with Crippen LogP contribution in [0.3, 0.4) is 0 Å². The first kappa shape index (κ1) is 15.0. The third kappa shape index (κ3) is 3.86. The maximum absolute atomic E-state index is 4.79. The van der Waals surface area contributed by atoms with Gasteiger partial charge in [-0.05, 0) is 37.6 Å². The van der Waals surface area contributed by atoms with E-state index in [9.17, 15) is 0 Å². The predicted molar refractivity (Wildman–Crippen MR) is 90.0 cm³/mol. The van der Waals surface area contributed by atoms with Gasteiger partial charge >= 0.3 is 0 Å². The van der Waals surface area contributed by atoms with E-state index in [0.29, 0.717) is 6.04 Å². The van der Waals surface area contributed by atoms with Crippen LogP contribution < -0.4 is 5.32 Å². The van der Waals surface area contributed by atoms with Crippen LogP contribution in [0.4, 0.5) is 0 Å². The molecule has 0 bridgehead atoms. The summed E-state index contributed by atoms with van der Waals surface area (Å²) in [6, 6.07) is 0.590. The Hall–Kier alpha value is -0.870. The molecule has 0 saturated heterocycles. The van der Waals surface area contributed by atoms with E-state index in [0.717, 1.165) is 23.2 Å². The molecule has 1 aliphatic carbocycles. The zero-order chi connectivity index (χ0) is 14.7. The summed E-state index contributed by atoms with van der Waals surface area (Å²) in [4.78, 5) is 5.92. The van der Waals surface area contributed by atoms with Crippen LogP contribution in [-0.4, -0.2) is 22.0 Å². The second-order valence-corrected chi connectivity index (χ2v) is 7.62. The highest BCUT2D eigenvalue weighted by Gasteiger charge is 2.24. The number of thiazole rings is 1. The van der Waals surface area contributed by atoms with E-state index in [1.165, 1.54) is 44.3 Å². The van der Waals surface area contributed by atoms with Crippen molar-refractivity contribution in [3.63, 3.8) is 0 Å². The summed E-state index contributed by atoms with van der Waals surface area (Å²) < 4.78 is 2.16. The fraction of sp³-hybridized carbons (Fsp3) is 0.706. The highest BCUT2D eigenvalue weighted by molar-refractivity contribution is 7.15. The van der Waals surface area contributed by atoms with Crippen LogP contribution in [0.2, 0.25) is 0 Å². The second kappa shape index (κ2) is 6.93. The minimum atomic E-state index is 0.590. The number of nitrogens with one attached hydrogen (secondary N) is 1. The lowest BCUT2D eigenvalue weighted by Crippen LogP contribution is -2.33. The van der Waals surface area contributed by atoms with Gasteiger partial charge in [-0.1, -0.05) is 33.1 Å². The van der Waals surface area contributed by atoms with Gasteiger partial charge in [-0.3, -0.25) is 4.40 Å². The van der Waals surface area contributed by atoms with Crippen LogP contribution in [-0.2, 0) is 6.42 Å². The lowest BCUT2D eigenvalue weighted by molar-refractivity contribution is 0.289. The van der Waals surface area contributed by atoms with E-state index in [4.69, 9.17) is 4.98 Å². The van der Waals surface area contributed by atoms with Crippen LogP contribution in [0.1, 0.15) is 51.6 Å². The number of aromatic nitrogens is 2. The Labute approximate surface area is 131 Å². The van der Waals surface area contributed by atoms with Crippen LogP contribution in [0, 0.1) is 11.8 Å². The average molecular weight is 305 g/mol. The molecule has 3 rings (SSSR count). The molecule has 0 radical (unpaired) electrons. The zero-order valence-corrected chi connectivity index (χ0v) is 14.0. The molecule has 2 unspecified atom stereocenters. The number of imidazole rings is 1. The van der Waals surface area contributed by atoms with Gasteiger partial charge in [0.1, 0.15) is 0 Å². The predicted octanol–water partition coefficient (Wildman–Crippen LogP) is 4.13. The maximum atomic E-state index is 4.79. The van der Waals surface area contributed by atoms with E-state index in [-0.39, 0.29) is 0 Å². The van der Waals surface area contributed by atoms with Crippen molar-refractivity contribution in [2.75, 3.05) is 6.54 Å². The second-order valence-electron chi connectivity index (χ2n) is 6.75. The molecule has 1 aliphatic rings. The molecule has 1 N–H and O–H groups in total. The van der Waals surface area contributed by atoms with Crippen molar-refractivity contribution in [2.24, 2.45) is 11.8 Å². The third-order valence-electron chi connectivity index (χ3n) is 4.72. The van der Waals surface area contributed by atoms with Crippen molar-refractivity contribution in [3.05, 3.63) is 23.5 Å². The SMILES string of the molecule is CC(C)NCC1CCCCCC1Cc1cn2ccsc2n1. The van der Waals surface area contributed by atoms with Crippen molar-refractivity contribution in [2.45, 2.75) is 58.4 Å². The standard InChI is InChI=1S/C17H27N3S/c1-13(2)18-11-15-7-5-3-4-6-14(15)10-16-12-20-8-9-21-17(20)19-16/h8-9,12-15,18H,3-7,10-11H2,1-2H3. The molecular formula is C17H27N3S. The molecular weight excluding hydrogens is 278 g/mol. The minimum absolute atomic E-state index is 0.590. The lowest BCUT2D eigenvalue weighted by atomic mass is 9.84. The van der Waals surface area contributed by atoms with Gasteiger partial charge in [0.05, 0.1) is 5.69 Å². The normalized spacial score (nSPS) is 23.8. The topological polar surface area (TPSA) is 29.3 Å². The Morgan fingerprint density at radius 2 is 2.10 bits per heavy atom. The summed E-state index contributed by atoms with van der Waals surface area (Å²) in [7, 11) is 0. The van der Waals surface area contributed by atoms with E-state index >= 15 is 0 Å². The van der Waals surface area contributed by atoms with Crippen molar-refractivity contribution >= 4 is 16.3 Å². The molecule has 0 amide bonds. The summed E-state index contributed by atoms with van der Waals surface area (Å²) in [5, 5.41) is 5.76. The fourth-order valence-corrected chi connectivity index (χ4v) is 4.25. The summed E-state index contributed by atoms with van der Waals surface area (Å²) >= 11 is 1.73. The minimum Gasteiger partial charge on any atom is -0.314 e. The van der Waals surface area contributed by atoms with Crippen LogP contribution in [0.25, 0.3) is 4.96 Å². The molecule has 1 fully saturated rings. The van der Waals surface area contributed by atoms with Gasteiger partial charge in [0.15, 0.2) is 4.96 Å². The molecule has 0 aromatic carbocycles. The number of hydrogen-bond acceptors (Lipinski definition) is 3. The van der Waals surface area contributed by atoms with Gasteiger partial charge in [-0.15, -0.1) is 11.3 Å². The molecule has 1 saturated carbocycles. The Balaban J connectivity index is 1.68. The number of fused-ring (bicyclic) bond motifs is 1. The van der Waals surface area contributed by atoms with Crippen molar-refractivity contribution in [1.82, 2.24) is 14.7 Å². The first-order valence-electron chi connectivity index (χ1n) is 8.37. The molecule has 2 atom stereocenters. The largest absolute Gasteiger partial charge is 0.314 e. The summed E-state index contributed by atoms with van der Waals surface area (Å²) in [5.41, 5.74) is 1.28. The Kier molecular flexibility index (Phi) is 4.96. The summed E-state index contributed by atoms with van der Waals surface area (Å²) in [6.07, 6.45) is 12.4. The Bertz CT molecular complexity index is 529. The highest BCUT2D eigenvalue weighted by Crippen LogP contribution is 2.31. The Morgan fingerprint density at radius 1 is 1.29 bits per heavy atom. The van der Waals surface area contributed by atoms with Gasteiger partial charge in [0.2, 0.25) is 0 Å². The molecule has 3 nitrogen and oxygen atoms in total. The lowest BCUT2D eigenvalue weighted by Gasteiger charge is -2.26. The van der Waals surface area contributed by atoms with Crippen molar-refractivity contribution in [3.8, 4) is 0 Å². The van der Waals surface area contributed by atoms with Crippen LogP contribution in [0.5, 0.6) is 0 Å². The fourth-order valence-electron chi connectivity index (χ4n) is 3.53. The Morgan fingerprint density at radius 3 is 2.86 bits per heavy atom. The molecule has 2 heterocycles. The first-order chi connectivity index (χ1) is 10.2. The van der Waals surface area contributed by atoms with Gasteiger partial charge in [-0.2, -0.15) is 0 Å². The molecule has 2 aromatic heterocycles. The van der Waals surface area contributed by atoms with E-state index in [1.807, 2.05) is 0 Å². The van der Waals surface area contributed by atoms with Gasteiger partial charge in [-0.25, -0.2) is 4.98 Å². The van der Waals surface area contributed by atoms with Crippen LogP contribution >= 0.6 is 11.3 Å². The first-order valence-corrected chi connectivity index (χ1v) is 9.25. The van der Waals surface area contributed by atoms with E-state index in [1.54, 1.807) is 11.3 Å². The number of hydrogen-bond donors (Lipinski definition) is 1. The van der Waals surface area contributed by atoms with Gasteiger partial charge in [0.25, 0.3) is 0 Å². The third-order valence-corrected chi connectivity index (χ3v) is 5.49. The average Bonchev–Trinajstić information content (AvgIpc) is 2.93. The van der Waals surface area contributed by atoms with Crippen molar-refractivity contribution in [1.29, 1.82) is 0 Å². The summed E-state index contributed by atoms with van der Waals surface area (Å²) in [5.74, 6) is 1.61.